The van der Waals surface area contributed by atoms with Crippen molar-refractivity contribution in [2.45, 2.75) is 39.9 Å². The minimum atomic E-state index is -0.371. The number of hydrogen-bond acceptors (Lipinski definition) is 6. The van der Waals surface area contributed by atoms with Crippen LogP contribution in [0.1, 0.15) is 41.0 Å². The van der Waals surface area contributed by atoms with Crippen LogP contribution in [0.3, 0.4) is 0 Å². The van der Waals surface area contributed by atoms with Crippen LogP contribution in [0.2, 0.25) is 0 Å². The lowest BCUT2D eigenvalue weighted by Crippen LogP contribution is -2.36. The molecule has 0 saturated carbocycles. The summed E-state index contributed by atoms with van der Waals surface area (Å²) in [5, 5.41) is 21.1. The van der Waals surface area contributed by atoms with E-state index in [1.54, 1.807) is 28.9 Å². The molecule has 1 atom stereocenters. The Labute approximate surface area is 221 Å². The maximum absolute atomic E-state index is 14.2. The predicted octanol–water partition coefficient (Wildman–Crippen LogP) is 4.26. The number of aromatic nitrogens is 4. The molecule has 4 aromatic rings. The van der Waals surface area contributed by atoms with E-state index < -0.39 is 0 Å². The van der Waals surface area contributed by atoms with Crippen LogP contribution in [0.5, 0.6) is 0 Å². The normalized spacial score (nSPS) is 13.9. The van der Waals surface area contributed by atoms with Gasteiger partial charge < -0.3 is 15.0 Å². The van der Waals surface area contributed by atoms with Crippen molar-refractivity contribution in [2.75, 3.05) is 11.5 Å². The number of nitrogens with one attached hydrogen (secondary N) is 1. The second-order valence-electron chi connectivity index (χ2n) is 10.1. The molecule has 2 aromatic carbocycles. The number of nitrogens with zero attached hydrogens (tertiary/aromatic N) is 5. The summed E-state index contributed by atoms with van der Waals surface area (Å²) in [4.78, 5) is 19.9. The van der Waals surface area contributed by atoms with Crippen LogP contribution in [-0.4, -0.2) is 43.4 Å². The number of carbonyl (C=O) groups is 1. The van der Waals surface area contributed by atoms with Crippen molar-refractivity contribution < 1.29 is 14.3 Å². The number of benzene rings is 2. The van der Waals surface area contributed by atoms with Gasteiger partial charge in [-0.1, -0.05) is 32.0 Å². The molecule has 2 N–H and O–H groups in total. The van der Waals surface area contributed by atoms with Gasteiger partial charge in [0.15, 0.2) is 5.82 Å². The smallest absolute Gasteiger partial charge is 0.260 e. The van der Waals surface area contributed by atoms with Crippen molar-refractivity contribution in [2.24, 2.45) is 13.0 Å². The van der Waals surface area contributed by atoms with Crippen molar-refractivity contribution in [1.82, 2.24) is 25.1 Å². The fourth-order valence-electron chi connectivity index (χ4n) is 4.86. The first-order valence-electron chi connectivity index (χ1n) is 12.7. The van der Waals surface area contributed by atoms with Crippen LogP contribution in [0.15, 0.2) is 54.9 Å². The summed E-state index contributed by atoms with van der Waals surface area (Å²) in [5.41, 5.74) is 5.48. The maximum atomic E-state index is 14.2. The molecule has 1 aliphatic heterocycles. The Hall–Kier alpha value is -3.95. The molecular weight excluding hydrogens is 483 g/mol. The van der Waals surface area contributed by atoms with E-state index in [0.29, 0.717) is 41.8 Å². The number of rotatable bonds is 8. The summed E-state index contributed by atoms with van der Waals surface area (Å²) < 4.78 is 15.9. The SMILES string of the molecule is Cc1cc(CN[C@@H](CO)C(C)C)cc(N2Cc3ccc(-c4ccc(F)cc4-c4nncn4C)cc3C2=O)n1. The van der Waals surface area contributed by atoms with Gasteiger partial charge in [0.2, 0.25) is 0 Å². The molecule has 8 nitrogen and oxygen atoms in total. The van der Waals surface area contributed by atoms with E-state index in [1.165, 1.54) is 12.1 Å². The zero-order valence-corrected chi connectivity index (χ0v) is 21.9. The number of anilines is 1. The molecule has 38 heavy (non-hydrogen) atoms. The van der Waals surface area contributed by atoms with Gasteiger partial charge in [0.25, 0.3) is 5.91 Å². The molecule has 196 valence electrons. The lowest BCUT2D eigenvalue weighted by molar-refractivity contribution is 0.0996. The van der Waals surface area contributed by atoms with E-state index >= 15 is 0 Å². The molecule has 5 rings (SSSR count). The van der Waals surface area contributed by atoms with Gasteiger partial charge in [0, 0.05) is 36.5 Å². The first-order chi connectivity index (χ1) is 18.2. The monoisotopic (exact) mass is 514 g/mol. The molecule has 0 saturated heterocycles. The number of aliphatic hydroxyl groups is 1. The predicted molar refractivity (Wildman–Crippen MR) is 144 cm³/mol. The first-order valence-corrected chi connectivity index (χ1v) is 12.7. The number of aryl methyl sites for hydroxylation is 2. The standard InChI is InChI=1S/C29H31FN6O2/c1-17(2)26(15-37)31-13-19-9-18(3)33-27(10-19)36-14-21-6-5-20(11-24(21)29(36)38)23-8-7-22(30)12-25(23)28-34-32-16-35(28)4/h5-12,16-17,26,31,37H,13-15H2,1-4H3/t26-/m0/s1. The third kappa shape index (κ3) is 4.94. The molecule has 0 bridgehead atoms. The van der Waals surface area contributed by atoms with E-state index in [2.05, 4.69) is 34.3 Å². The summed E-state index contributed by atoms with van der Waals surface area (Å²) >= 11 is 0. The molecular formula is C29H31FN6O2. The summed E-state index contributed by atoms with van der Waals surface area (Å²) in [6.07, 6.45) is 1.57. The Morgan fingerprint density at radius 3 is 2.61 bits per heavy atom. The van der Waals surface area contributed by atoms with Gasteiger partial charge in [-0.25, -0.2) is 9.37 Å². The molecule has 1 aliphatic rings. The quantitative estimate of drug-likeness (QED) is 0.365. The van der Waals surface area contributed by atoms with Crippen molar-refractivity contribution in [3.63, 3.8) is 0 Å². The van der Waals surface area contributed by atoms with Crippen molar-refractivity contribution in [3.05, 3.63) is 83.1 Å². The van der Waals surface area contributed by atoms with E-state index in [-0.39, 0.29) is 24.4 Å². The van der Waals surface area contributed by atoms with Crippen molar-refractivity contribution in [1.29, 1.82) is 0 Å². The average Bonchev–Trinajstić information content (AvgIpc) is 3.46. The minimum Gasteiger partial charge on any atom is -0.395 e. The molecule has 0 spiro atoms. The average molecular weight is 515 g/mol. The summed E-state index contributed by atoms with van der Waals surface area (Å²) in [6, 6.07) is 14.2. The number of fused-ring (bicyclic) bond motifs is 1. The fourth-order valence-corrected chi connectivity index (χ4v) is 4.86. The van der Waals surface area contributed by atoms with Gasteiger partial charge in [-0.05, 0) is 65.4 Å². The van der Waals surface area contributed by atoms with Gasteiger partial charge in [-0.3, -0.25) is 9.69 Å². The highest BCUT2D eigenvalue weighted by Gasteiger charge is 2.30. The molecule has 3 heterocycles. The zero-order valence-electron chi connectivity index (χ0n) is 21.9. The van der Waals surface area contributed by atoms with Gasteiger partial charge in [0.05, 0.1) is 13.2 Å². The highest BCUT2D eigenvalue weighted by Crippen LogP contribution is 2.35. The number of halogens is 1. The topological polar surface area (TPSA) is 96.2 Å². The highest BCUT2D eigenvalue weighted by molar-refractivity contribution is 6.10. The van der Waals surface area contributed by atoms with E-state index in [9.17, 15) is 14.3 Å². The Morgan fingerprint density at radius 1 is 1.08 bits per heavy atom. The molecule has 9 heteroatoms. The number of hydrogen-bond donors (Lipinski definition) is 2. The Kier molecular flexibility index (Phi) is 7.05. The Bertz CT molecular complexity index is 1500. The Morgan fingerprint density at radius 2 is 1.89 bits per heavy atom. The third-order valence-electron chi connectivity index (χ3n) is 7.00. The van der Waals surface area contributed by atoms with Crippen molar-refractivity contribution in [3.8, 4) is 22.5 Å². The molecule has 0 unspecified atom stereocenters. The largest absolute Gasteiger partial charge is 0.395 e. The Balaban J connectivity index is 1.44. The number of amides is 1. The van der Waals surface area contributed by atoms with E-state index in [4.69, 9.17) is 0 Å². The van der Waals surface area contributed by atoms with Gasteiger partial charge in [0.1, 0.15) is 18.0 Å². The second-order valence-corrected chi connectivity index (χ2v) is 10.1. The maximum Gasteiger partial charge on any atom is 0.260 e. The molecule has 1 amide bonds. The highest BCUT2D eigenvalue weighted by atomic mass is 19.1. The zero-order chi connectivity index (χ0) is 27.0. The van der Waals surface area contributed by atoms with Crippen molar-refractivity contribution >= 4 is 11.7 Å². The number of carbonyl (C=O) groups excluding carboxylic acids is 1. The second kappa shape index (κ2) is 10.4. The summed E-state index contributed by atoms with van der Waals surface area (Å²) in [7, 11) is 1.81. The van der Waals surface area contributed by atoms with Crippen LogP contribution >= 0.6 is 0 Å². The summed E-state index contributed by atoms with van der Waals surface area (Å²) in [6.45, 7) is 7.08. The van der Waals surface area contributed by atoms with Gasteiger partial charge >= 0.3 is 0 Å². The van der Waals surface area contributed by atoms with Crippen LogP contribution in [0.4, 0.5) is 10.2 Å². The minimum absolute atomic E-state index is 0.0130. The fraction of sp³-hybridized carbons (Fsp3) is 0.310. The van der Waals surface area contributed by atoms with Crippen LogP contribution in [0, 0.1) is 18.7 Å². The van der Waals surface area contributed by atoms with E-state index in [1.807, 2.05) is 37.3 Å². The number of aliphatic hydroxyl groups excluding tert-OH is 1. The van der Waals surface area contributed by atoms with E-state index in [0.717, 1.165) is 27.9 Å². The third-order valence-corrected chi connectivity index (χ3v) is 7.00. The number of pyridine rings is 1. The van der Waals surface area contributed by atoms with Crippen LogP contribution in [-0.2, 0) is 20.1 Å². The lowest BCUT2D eigenvalue weighted by Gasteiger charge is -2.21. The van der Waals surface area contributed by atoms with Gasteiger partial charge in [-0.15, -0.1) is 10.2 Å². The van der Waals surface area contributed by atoms with Crippen LogP contribution < -0.4 is 10.2 Å². The molecule has 0 radical (unpaired) electrons. The summed E-state index contributed by atoms with van der Waals surface area (Å²) in [5.74, 6) is 0.929. The van der Waals surface area contributed by atoms with Crippen LogP contribution in [0.25, 0.3) is 22.5 Å². The molecule has 0 aliphatic carbocycles. The molecule has 0 fully saturated rings. The lowest BCUT2D eigenvalue weighted by atomic mass is 9.96. The first kappa shape index (κ1) is 25.7. The molecule has 2 aromatic heterocycles. The van der Waals surface area contributed by atoms with Gasteiger partial charge in [-0.2, -0.15) is 0 Å².